The lowest BCUT2D eigenvalue weighted by molar-refractivity contribution is -0.133. The van der Waals surface area contributed by atoms with Gasteiger partial charge in [-0.05, 0) is 44.5 Å². The van der Waals surface area contributed by atoms with E-state index in [4.69, 9.17) is 14.2 Å². The summed E-state index contributed by atoms with van der Waals surface area (Å²) in [5, 5.41) is 11.7. The molecule has 0 aliphatic carbocycles. The third-order valence-corrected chi connectivity index (χ3v) is 3.62. The minimum atomic E-state index is -1.30. The summed E-state index contributed by atoms with van der Waals surface area (Å²) in [5.41, 5.74) is 0.331. The fourth-order valence-corrected chi connectivity index (χ4v) is 2.34. The van der Waals surface area contributed by atoms with Crippen molar-refractivity contribution >= 4 is 18.1 Å². The molecule has 0 bridgehead atoms. The Bertz CT molecular complexity index is 884. The van der Waals surface area contributed by atoms with Gasteiger partial charge in [-0.25, -0.2) is 9.59 Å². The number of carboxylic acid groups (broad SMARTS) is 1. The lowest BCUT2D eigenvalue weighted by Gasteiger charge is -2.20. The molecule has 2 aromatic carbocycles. The lowest BCUT2D eigenvalue weighted by atomic mass is 10.1. The van der Waals surface area contributed by atoms with E-state index in [1.165, 1.54) is 13.2 Å². The molecule has 0 unspecified atom stereocenters. The molecular weight excluding hydrogens is 374 g/mol. The van der Waals surface area contributed by atoms with Crippen LogP contribution in [0.25, 0.3) is 6.08 Å². The molecule has 0 atom stereocenters. The molecule has 2 N–H and O–H groups in total. The SMILES string of the molecule is COc1ccc(C=C(NC(=O)OC(C)(C)C)C(=O)O)c(OCc2ccccc2)c1. The Kier molecular flexibility index (Phi) is 7.25. The maximum absolute atomic E-state index is 12.0. The first-order valence-corrected chi connectivity index (χ1v) is 8.97. The van der Waals surface area contributed by atoms with Crippen molar-refractivity contribution in [2.75, 3.05) is 7.11 Å². The summed E-state index contributed by atoms with van der Waals surface area (Å²) >= 11 is 0. The number of benzene rings is 2. The number of methoxy groups -OCH3 is 1. The number of carboxylic acids is 1. The Hall–Kier alpha value is -3.48. The van der Waals surface area contributed by atoms with Gasteiger partial charge >= 0.3 is 12.1 Å². The number of alkyl carbamates (subject to hydrolysis) is 1. The van der Waals surface area contributed by atoms with Crippen LogP contribution in [0.3, 0.4) is 0 Å². The van der Waals surface area contributed by atoms with Gasteiger partial charge in [-0.3, -0.25) is 5.32 Å². The molecular formula is C22H25NO6. The summed E-state index contributed by atoms with van der Waals surface area (Å²) in [7, 11) is 1.53. The molecule has 29 heavy (non-hydrogen) atoms. The van der Waals surface area contributed by atoms with Gasteiger partial charge in [0.05, 0.1) is 7.11 Å². The number of nitrogens with one attached hydrogen (secondary N) is 1. The van der Waals surface area contributed by atoms with E-state index in [-0.39, 0.29) is 12.3 Å². The van der Waals surface area contributed by atoms with E-state index in [9.17, 15) is 14.7 Å². The Morgan fingerprint density at radius 2 is 1.79 bits per heavy atom. The van der Waals surface area contributed by atoms with Gasteiger partial charge in [0.1, 0.15) is 29.4 Å². The van der Waals surface area contributed by atoms with Crippen molar-refractivity contribution in [3.05, 3.63) is 65.4 Å². The molecule has 0 aromatic heterocycles. The smallest absolute Gasteiger partial charge is 0.412 e. The molecule has 7 heteroatoms. The van der Waals surface area contributed by atoms with Crippen LogP contribution in [0.1, 0.15) is 31.9 Å². The van der Waals surface area contributed by atoms with Crippen LogP contribution in [0.4, 0.5) is 4.79 Å². The van der Waals surface area contributed by atoms with Gasteiger partial charge in [-0.1, -0.05) is 30.3 Å². The van der Waals surface area contributed by atoms with Gasteiger partial charge in [0.2, 0.25) is 0 Å². The summed E-state index contributed by atoms with van der Waals surface area (Å²) in [6.45, 7) is 5.36. The molecule has 0 saturated carbocycles. The van der Waals surface area contributed by atoms with Crippen molar-refractivity contribution in [2.45, 2.75) is 33.0 Å². The van der Waals surface area contributed by atoms with Crippen LogP contribution in [0.2, 0.25) is 0 Å². The topological polar surface area (TPSA) is 94.1 Å². The minimum Gasteiger partial charge on any atom is -0.497 e. The fraction of sp³-hybridized carbons (Fsp3) is 0.273. The minimum absolute atomic E-state index is 0.288. The maximum Gasteiger partial charge on any atom is 0.412 e. The van der Waals surface area contributed by atoms with E-state index in [2.05, 4.69) is 5.32 Å². The highest BCUT2D eigenvalue weighted by molar-refractivity contribution is 5.96. The average Bonchev–Trinajstić information content (AvgIpc) is 2.65. The quantitative estimate of drug-likeness (QED) is 0.677. The number of carbonyl (C=O) groups excluding carboxylic acids is 1. The zero-order valence-electron chi connectivity index (χ0n) is 16.9. The molecule has 0 radical (unpaired) electrons. The molecule has 0 spiro atoms. The second kappa shape index (κ2) is 9.64. The van der Waals surface area contributed by atoms with E-state index in [1.807, 2.05) is 30.3 Å². The summed E-state index contributed by atoms with van der Waals surface area (Å²) < 4.78 is 16.2. The van der Waals surface area contributed by atoms with Gasteiger partial charge in [0, 0.05) is 11.6 Å². The monoisotopic (exact) mass is 399 g/mol. The largest absolute Gasteiger partial charge is 0.497 e. The number of hydrogen-bond acceptors (Lipinski definition) is 5. The van der Waals surface area contributed by atoms with Gasteiger partial charge in [-0.15, -0.1) is 0 Å². The number of carbonyl (C=O) groups is 2. The van der Waals surface area contributed by atoms with E-state index in [1.54, 1.807) is 39.0 Å². The van der Waals surface area contributed by atoms with Crippen LogP contribution < -0.4 is 14.8 Å². The molecule has 1 amide bonds. The molecule has 0 aliphatic rings. The second-order valence-corrected chi connectivity index (χ2v) is 7.17. The molecule has 0 saturated heterocycles. The number of amides is 1. The first kappa shape index (κ1) is 21.8. The van der Waals surface area contributed by atoms with Crippen LogP contribution in [0.5, 0.6) is 11.5 Å². The molecule has 0 heterocycles. The van der Waals surface area contributed by atoms with E-state index in [0.717, 1.165) is 5.56 Å². The Balaban J connectivity index is 2.29. The van der Waals surface area contributed by atoms with Gasteiger partial charge in [-0.2, -0.15) is 0 Å². The molecule has 2 aromatic rings. The Morgan fingerprint density at radius 1 is 1.10 bits per heavy atom. The normalized spacial score (nSPS) is 11.5. The molecule has 0 fully saturated rings. The van der Waals surface area contributed by atoms with Crippen molar-refractivity contribution in [2.24, 2.45) is 0 Å². The predicted molar refractivity (Wildman–Crippen MR) is 109 cm³/mol. The Labute approximate surface area is 169 Å². The summed E-state index contributed by atoms with van der Waals surface area (Å²) in [4.78, 5) is 23.6. The zero-order chi connectivity index (χ0) is 21.4. The van der Waals surface area contributed by atoms with E-state index < -0.39 is 17.7 Å². The number of rotatable bonds is 7. The fourth-order valence-electron chi connectivity index (χ4n) is 2.34. The molecule has 0 aliphatic heterocycles. The highest BCUT2D eigenvalue weighted by atomic mass is 16.6. The van der Waals surface area contributed by atoms with Crippen molar-refractivity contribution in [1.82, 2.24) is 5.32 Å². The second-order valence-electron chi connectivity index (χ2n) is 7.17. The van der Waals surface area contributed by atoms with Crippen molar-refractivity contribution in [1.29, 1.82) is 0 Å². The highest BCUT2D eigenvalue weighted by Gasteiger charge is 2.20. The first-order valence-electron chi connectivity index (χ1n) is 8.97. The summed E-state index contributed by atoms with van der Waals surface area (Å²) in [5.74, 6) is -0.333. The van der Waals surface area contributed by atoms with Crippen molar-refractivity contribution in [3.8, 4) is 11.5 Å². The first-order chi connectivity index (χ1) is 13.7. The van der Waals surface area contributed by atoms with Crippen LogP contribution >= 0.6 is 0 Å². The number of aliphatic carboxylic acids is 1. The molecule has 7 nitrogen and oxygen atoms in total. The van der Waals surface area contributed by atoms with Crippen LogP contribution in [-0.4, -0.2) is 29.9 Å². The third kappa shape index (κ3) is 7.21. The van der Waals surface area contributed by atoms with Crippen molar-refractivity contribution in [3.63, 3.8) is 0 Å². The zero-order valence-corrected chi connectivity index (χ0v) is 16.9. The molecule has 154 valence electrons. The van der Waals surface area contributed by atoms with Crippen molar-refractivity contribution < 1.29 is 28.9 Å². The standard InChI is InChI=1S/C22H25NO6/c1-22(2,3)29-21(26)23-18(20(24)25)12-16-10-11-17(27-4)13-19(16)28-14-15-8-6-5-7-9-15/h5-13H,14H2,1-4H3,(H,23,26)(H,24,25). The predicted octanol–water partition coefficient (Wildman–Crippen LogP) is 4.22. The number of ether oxygens (including phenoxy) is 3. The van der Waals surface area contributed by atoms with E-state index in [0.29, 0.717) is 17.1 Å². The summed E-state index contributed by atoms with van der Waals surface area (Å²) in [6, 6.07) is 14.5. The van der Waals surface area contributed by atoms with Crippen LogP contribution in [0.15, 0.2) is 54.2 Å². The Morgan fingerprint density at radius 3 is 2.38 bits per heavy atom. The van der Waals surface area contributed by atoms with E-state index >= 15 is 0 Å². The average molecular weight is 399 g/mol. The highest BCUT2D eigenvalue weighted by Crippen LogP contribution is 2.27. The molecule has 2 rings (SSSR count). The number of hydrogen-bond donors (Lipinski definition) is 2. The summed E-state index contributed by atoms with van der Waals surface area (Å²) in [6.07, 6.45) is 0.456. The third-order valence-electron chi connectivity index (χ3n) is 3.62. The van der Waals surface area contributed by atoms with Gasteiger partial charge in [0.15, 0.2) is 0 Å². The van der Waals surface area contributed by atoms with Gasteiger partial charge in [0.25, 0.3) is 0 Å². The van der Waals surface area contributed by atoms with Crippen LogP contribution in [-0.2, 0) is 16.1 Å². The maximum atomic E-state index is 12.0. The lowest BCUT2D eigenvalue weighted by Crippen LogP contribution is -2.34. The van der Waals surface area contributed by atoms with Crippen LogP contribution in [0, 0.1) is 0 Å². The van der Waals surface area contributed by atoms with Gasteiger partial charge < -0.3 is 19.3 Å².